The third-order valence-electron chi connectivity index (χ3n) is 3.34. The van der Waals surface area contributed by atoms with Crippen LogP contribution in [0, 0.1) is 0 Å². The largest absolute Gasteiger partial charge is 0.493 e. The molecule has 1 aliphatic rings. The van der Waals surface area contributed by atoms with Crippen LogP contribution in [0.4, 0.5) is 10.5 Å². The number of amides is 2. The average Bonchev–Trinajstić information content (AvgIpc) is 2.46. The molecule has 1 aliphatic heterocycles. The molecule has 1 saturated heterocycles. The van der Waals surface area contributed by atoms with E-state index in [1.807, 2.05) is 13.8 Å². The maximum absolute atomic E-state index is 12.3. The lowest BCUT2D eigenvalue weighted by Crippen LogP contribution is -2.49. The summed E-state index contributed by atoms with van der Waals surface area (Å²) in [7, 11) is 3.14. The van der Waals surface area contributed by atoms with E-state index in [4.69, 9.17) is 14.2 Å². The summed E-state index contributed by atoms with van der Waals surface area (Å²) in [4.78, 5) is 14.1. The highest BCUT2D eigenvalue weighted by molar-refractivity contribution is 5.89. The van der Waals surface area contributed by atoms with Gasteiger partial charge in [0.05, 0.1) is 26.4 Å². The average molecular weight is 294 g/mol. The fourth-order valence-corrected chi connectivity index (χ4v) is 2.46. The second kappa shape index (κ2) is 6.67. The molecule has 0 unspecified atom stereocenters. The monoisotopic (exact) mass is 294 g/mol. The Bertz CT molecular complexity index is 496. The molecule has 6 nitrogen and oxygen atoms in total. The second-order valence-corrected chi connectivity index (χ2v) is 5.16. The van der Waals surface area contributed by atoms with Crippen LogP contribution in [0.25, 0.3) is 0 Å². The van der Waals surface area contributed by atoms with Gasteiger partial charge in [-0.1, -0.05) is 0 Å². The lowest BCUT2D eigenvalue weighted by Gasteiger charge is -2.35. The van der Waals surface area contributed by atoms with Crippen molar-refractivity contribution in [1.29, 1.82) is 0 Å². The lowest BCUT2D eigenvalue weighted by atomic mass is 10.2. The molecule has 1 aromatic carbocycles. The van der Waals surface area contributed by atoms with Crippen LogP contribution in [0.3, 0.4) is 0 Å². The molecule has 0 saturated carbocycles. The van der Waals surface area contributed by atoms with Crippen LogP contribution in [0.15, 0.2) is 18.2 Å². The number of nitrogens with one attached hydrogen (secondary N) is 1. The maximum Gasteiger partial charge on any atom is 0.322 e. The summed E-state index contributed by atoms with van der Waals surface area (Å²) in [6, 6.07) is 5.15. The van der Waals surface area contributed by atoms with Crippen molar-refractivity contribution in [1.82, 2.24) is 4.90 Å². The molecule has 1 N–H and O–H groups in total. The highest BCUT2D eigenvalue weighted by Crippen LogP contribution is 2.29. The van der Waals surface area contributed by atoms with Crippen LogP contribution >= 0.6 is 0 Å². The van der Waals surface area contributed by atoms with Crippen LogP contribution < -0.4 is 14.8 Å². The zero-order valence-electron chi connectivity index (χ0n) is 12.9. The number of benzene rings is 1. The third-order valence-corrected chi connectivity index (χ3v) is 3.34. The Balaban J connectivity index is 2.05. The fraction of sp³-hybridized carbons (Fsp3) is 0.533. The van der Waals surface area contributed by atoms with E-state index in [-0.39, 0.29) is 18.2 Å². The van der Waals surface area contributed by atoms with Crippen molar-refractivity contribution < 1.29 is 19.0 Å². The van der Waals surface area contributed by atoms with Gasteiger partial charge in [0.15, 0.2) is 11.5 Å². The normalized spacial score (nSPS) is 21.8. The first-order valence-electron chi connectivity index (χ1n) is 6.97. The Hall–Kier alpha value is -1.95. The zero-order chi connectivity index (χ0) is 15.4. The minimum absolute atomic E-state index is 0.0462. The molecule has 0 aliphatic carbocycles. The molecule has 6 heteroatoms. The number of carbonyl (C=O) groups is 1. The van der Waals surface area contributed by atoms with Gasteiger partial charge in [0, 0.05) is 24.8 Å². The van der Waals surface area contributed by atoms with Crippen molar-refractivity contribution in [3.8, 4) is 11.5 Å². The molecule has 2 rings (SSSR count). The first kappa shape index (κ1) is 15.4. The summed E-state index contributed by atoms with van der Waals surface area (Å²) in [6.45, 7) is 5.10. The van der Waals surface area contributed by atoms with Crippen molar-refractivity contribution in [2.75, 3.05) is 32.6 Å². The number of hydrogen-bond donors (Lipinski definition) is 1. The molecule has 21 heavy (non-hydrogen) atoms. The quantitative estimate of drug-likeness (QED) is 0.929. The third kappa shape index (κ3) is 3.78. The molecular weight excluding hydrogens is 272 g/mol. The van der Waals surface area contributed by atoms with Gasteiger partial charge in [0.1, 0.15) is 0 Å². The summed E-state index contributed by atoms with van der Waals surface area (Å²) in [5.74, 6) is 1.21. The molecule has 1 fully saturated rings. The van der Waals surface area contributed by atoms with E-state index < -0.39 is 0 Å². The van der Waals surface area contributed by atoms with Crippen LogP contribution in [-0.2, 0) is 4.74 Å². The Morgan fingerprint density at radius 2 is 1.81 bits per heavy atom. The summed E-state index contributed by atoms with van der Waals surface area (Å²) in [6.07, 6.45) is 0.0924. The summed E-state index contributed by atoms with van der Waals surface area (Å²) < 4.78 is 16.0. The lowest BCUT2D eigenvalue weighted by molar-refractivity contribution is -0.0530. The Kier molecular flexibility index (Phi) is 4.90. The van der Waals surface area contributed by atoms with E-state index in [1.54, 1.807) is 37.3 Å². The van der Waals surface area contributed by atoms with E-state index in [1.165, 1.54) is 0 Å². The molecule has 0 spiro atoms. The van der Waals surface area contributed by atoms with Gasteiger partial charge in [-0.25, -0.2) is 4.79 Å². The fourth-order valence-electron chi connectivity index (χ4n) is 2.46. The minimum atomic E-state index is -0.135. The van der Waals surface area contributed by atoms with E-state index in [9.17, 15) is 4.79 Å². The van der Waals surface area contributed by atoms with Gasteiger partial charge in [-0.2, -0.15) is 0 Å². The van der Waals surface area contributed by atoms with Crippen molar-refractivity contribution in [3.63, 3.8) is 0 Å². The van der Waals surface area contributed by atoms with E-state index in [2.05, 4.69) is 5.32 Å². The molecule has 0 bridgehead atoms. The number of hydrogen-bond acceptors (Lipinski definition) is 4. The molecular formula is C15H22N2O4. The number of rotatable bonds is 3. The molecule has 1 heterocycles. The zero-order valence-corrected chi connectivity index (χ0v) is 12.9. The summed E-state index contributed by atoms with van der Waals surface area (Å²) >= 11 is 0. The standard InChI is InChI=1S/C15H22N2O4/c1-10-8-17(9-11(2)21-10)15(18)16-12-5-6-13(19-3)14(7-12)20-4/h5-7,10-11H,8-9H2,1-4H3,(H,16,18)/t10-,11+. The van der Waals surface area contributed by atoms with Gasteiger partial charge < -0.3 is 24.4 Å². The van der Waals surface area contributed by atoms with Gasteiger partial charge >= 0.3 is 6.03 Å². The van der Waals surface area contributed by atoms with E-state index in [0.29, 0.717) is 30.3 Å². The van der Waals surface area contributed by atoms with E-state index in [0.717, 1.165) is 0 Å². The van der Waals surface area contributed by atoms with Crippen molar-refractivity contribution in [2.24, 2.45) is 0 Å². The highest BCUT2D eigenvalue weighted by atomic mass is 16.5. The number of ether oxygens (including phenoxy) is 3. The molecule has 2 amide bonds. The first-order chi connectivity index (χ1) is 10.0. The first-order valence-corrected chi connectivity index (χ1v) is 6.97. The Morgan fingerprint density at radius 1 is 1.19 bits per heavy atom. The van der Waals surface area contributed by atoms with Crippen molar-refractivity contribution in [3.05, 3.63) is 18.2 Å². The molecule has 0 radical (unpaired) electrons. The Morgan fingerprint density at radius 3 is 2.38 bits per heavy atom. The van der Waals surface area contributed by atoms with E-state index >= 15 is 0 Å². The van der Waals surface area contributed by atoms with Gasteiger partial charge in [-0.3, -0.25) is 0 Å². The Labute approximate surface area is 125 Å². The number of urea groups is 1. The summed E-state index contributed by atoms with van der Waals surface area (Å²) in [5.41, 5.74) is 0.671. The number of nitrogens with zero attached hydrogens (tertiary/aromatic N) is 1. The predicted molar refractivity (Wildman–Crippen MR) is 80.1 cm³/mol. The van der Waals surface area contributed by atoms with Crippen LogP contribution in [0.1, 0.15) is 13.8 Å². The minimum Gasteiger partial charge on any atom is -0.493 e. The smallest absolute Gasteiger partial charge is 0.322 e. The van der Waals surface area contributed by atoms with Crippen molar-refractivity contribution in [2.45, 2.75) is 26.1 Å². The highest BCUT2D eigenvalue weighted by Gasteiger charge is 2.25. The predicted octanol–water partition coefficient (Wildman–Crippen LogP) is 2.34. The maximum atomic E-state index is 12.3. The van der Waals surface area contributed by atoms with Crippen LogP contribution in [0.2, 0.25) is 0 Å². The number of methoxy groups -OCH3 is 2. The second-order valence-electron chi connectivity index (χ2n) is 5.16. The molecule has 1 aromatic rings. The van der Waals surface area contributed by atoms with Gasteiger partial charge in [0.2, 0.25) is 0 Å². The number of carbonyl (C=O) groups excluding carboxylic acids is 1. The van der Waals surface area contributed by atoms with Crippen LogP contribution in [0.5, 0.6) is 11.5 Å². The summed E-state index contributed by atoms with van der Waals surface area (Å²) in [5, 5.41) is 2.87. The SMILES string of the molecule is COc1ccc(NC(=O)N2C[C@@H](C)O[C@@H](C)C2)cc1OC. The van der Waals surface area contributed by atoms with Gasteiger partial charge in [0.25, 0.3) is 0 Å². The topological polar surface area (TPSA) is 60.0 Å². The van der Waals surface area contributed by atoms with Gasteiger partial charge in [-0.05, 0) is 26.0 Å². The molecule has 2 atom stereocenters. The van der Waals surface area contributed by atoms with Crippen molar-refractivity contribution >= 4 is 11.7 Å². The van der Waals surface area contributed by atoms with Gasteiger partial charge in [-0.15, -0.1) is 0 Å². The molecule has 116 valence electrons. The molecule has 0 aromatic heterocycles. The number of anilines is 1. The number of morpholine rings is 1. The van der Waals surface area contributed by atoms with Crippen LogP contribution in [-0.4, -0.2) is 50.4 Å².